The number of halogens is 5. The first-order chi connectivity index (χ1) is 15.1. The van der Waals surface area contributed by atoms with Gasteiger partial charge in [0.1, 0.15) is 22.8 Å². The molecule has 2 heterocycles. The Labute approximate surface area is 190 Å². The molecular formula is C22H15Cl2F3N2O3. The summed E-state index contributed by atoms with van der Waals surface area (Å²) in [5.41, 5.74) is -1.77. The Morgan fingerprint density at radius 3 is 2.59 bits per heavy atom. The predicted octanol–water partition coefficient (Wildman–Crippen LogP) is 5.89. The van der Waals surface area contributed by atoms with Crippen LogP contribution in [0.4, 0.5) is 13.2 Å². The van der Waals surface area contributed by atoms with Gasteiger partial charge in [-0.05, 0) is 42.3 Å². The zero-order valence-electron chi connectivity index (χ0n) is 16.4. The van der Waals surface area contributed by atoms with Crippen LogP contribution in [0.2, 0.25) is 10.0 Å². The van der Waals surface area contributed by atoms with E-state index in [2.05, 4.69) is 5.32 Å². The molecule has 0 saturated heterocycles. The van der Waals surface area contributed by atoms with Crippen molar-refractivity contribution in [3.63, 3.8) is 0 Å². The van der Waals surface area contributed by atoms with Gasteiger partial charge in [-0.25, -0.2) is 0 Å². The number of hydrogen-bond acceptors (Lipinski definition) is 3. The van der Waals surface area contributed by atoms with Crippen LogP contribution in [0.3, 0.4) is 0 Å². The fourth-order valence-corrected chi connectivity index (χ4v) is 4.08. The monoisotopic (exact) mass is 482 g/mol. The van der Waals surface area contributed by atoms with Crippen LogP contribution in [0.15, 0.2) is 47.3 Å². The van der Waals surface area contributed by atoms with Crippen LogP contribution in [-0.4, -0.2) is 10.9 Å². The van der Waals surface area contributed by atoms with Gasteiger partial charge in [0, 0.05) is 21.2 Å². The van der Waals surface area contributed by atoms with Crippen molar-refractivity contribution in [2.45, 2.75) is 25.6 Å². The highest BCUT2D eigenvalue weighted by Gasteiger charge is 2.35. The molecule has 32 heavy (non-hydrogen) atoms. The number of rotatable bonds is 3. The van der Waals surface area contributed by atoms with Crippen molar-refractivity contribution in [2.75, 3.05) is 0 Å². The summed E-state index contributed by atoms with van der Waals surface area (Å²) in [6.07, 6.45) is -4.70. The highest BCUT2D eigenvalue weighted by molar-refractivity contribution is 6.32. The lowest BCUT2D eigenvalue weighted by atomic mass is 9.93. The van der Waals surface area contributed by atoms with E-state index in [1.54, 1.807) is 48.3 Å². The van der Waals surface area contributed by atoms with Crippen molar-refractivity contribution >= 4 is 29.1 Å². The SMILES string of the molecule is CCc1cc(C(F)(F)F)[nH]c(=O)c1C(=O)NC1c2ccc(Cl)cc2Oc2cccc(Cl)c21. The maximum absolute atomic E-state index is 13.1. The Balaban J connectivity index is 1.81. The van der Waals surface area contributed by atoms with Gasteiger partial charge in [0.15, 0.2) is 0 Å². The first-order valence-corrected chi connectivity index (χ1v) is 10.3. The van der Waals surface area contributed by atoms with Gasteiger partial charge in [0.2, 0.25) is 0 Å². The van der Waals surface area contributed by atoms with Gasteiger partial charge in [-0.15, -0.1) is 0 Å². The smallest absolute Gasteiger partial charge is 0.431 e. The summed E-state index contributed by atoms with van der Waals surface area (Å²) < 4.78 is 45.1. The third kappa shape index (κ3) is 3.96. The Morgan fingerprint density at radius 1 is 1.16 bits per heavy atom. The lowest BCUT2D eigenvalue weighted by Gasteiger charge is -2.30. The van der Waals surface area contributed by atoms with Crippen molar-refractivity contribution < 1.29 is 22.7 Å². The number of ether oxygens (including phenoxy) is 1. The largest absolute Gasteiger partial charge is 0.456 e. The number of aromatic amines is 1. The highest BCUT2D eigenvalue weighted by atomic mass is 35.5. The number of carbonyl (C=O) groups excluding carboxylic acids is 1. The number of carbonyl (C=O) groups is 1. The molecule has 0 saturated carbocycles. The number of amides is 1. The van der Waals surface area contributed by atoms with Gasteiger partial charge in [0.05, 0.1) is 6.04 Å². The van der Waals surface area contributed by atoms with Crippen LogP contribution in [0, 0.1) is 0 Å². The maximum atomic E-state index is 13.1. The Kier molecular flexibility index (Phi) is 5.68. The minimum absolute atomic E-state index is 0.0265. The van der Waals surface area contributed by atoms with Gasteiger partial charge < -0.3 is 15.0 Å². The summed E-state index contributed by atoms with van der Waals surface area (Å²) in [5.74, 6) is -0.0697. The second-order valence-electron chi connectivity index (χ2n) is 7.11. The van der Waals surface area contributed by atoms with E-state index in [0.29, 0.717) is 32.7 Å². The van der Waals surface area contributed by atoms with Crippen molar-refractivity contribution in [3.8, 4) is 11.5 Å². The molecule has 2 aromatic carbocycles. The van der Waals surface area contributed by atoms with Crippen LogP contribution in [0.25, 0.3) is 0 Å². The lowest BCUT2D eigenvalue weighted by molar-refractivity contribution is -0.141. The molecule has 10 heteroatoms. The summed E-state index contributed by atoms with van der Waals surface area (Å²) in [4.78, 5) is 27.4. The van der Waals surface area contributed by atoms with Gasteiger partial charge >= 0.3 is 6.18 Å². The number of nitrogens with one attached hydrogen (secondary N) is 2. The van der Waals surface area contributed by atoms with Crippen molar-refractivity contribution in [2.24, 2.45) is 0 Å². The second-order valence-corrected chi connectivity index (χ2v) is 7.95. The third-order valence-corrected chi connectivity index (χ3v) is 5.68. The summed E-state index contributed by atoms with van der Waals surface area (Å²) in [6, 6.07) is 9.72. The van der Waals surface area contributed by atoms with Gasteiger partial charge in [-0.2, -0.15) is 13.2 Å². The van der Waals surface area contributed by atoms with E-state index in [4.69, 9.17) is 27.9 Å². The molecule has 0 spiro atoms. The molecule has 1 aromatic heterocycles. The summed E-state index contributed by atoms with van der Waals surface area (Å²) >= 11 is 12.4. The van der Waals surface area contributed by atoms with Crippen LogP contribution in [0.1, 0.15) is 45.7 Å². The van der Waals surface area contributed by atoms with Crippen molar-refractivity contribution in [1.29, 1.82) is 0 Å². The van der Waals surface area contributed by atoms with Crippen molar-refractivity contribution in [1.82, 2.24) is 10.3 Å². The summed E-state index contributed by atoms with van der Waals surface area (Å²) in [5, 5.41) is 3.45. The number of fused-ring (bicyclic) bond motifs is 2. The summed E-state index contributed by atoms with van der Waals surface area (Å²) in [6.45, 7) is 1.56. The van der Waals surface area contributed by atoms with E-state index in [9.17, 15) is 22.8 Å². The number of H-pyrrole nitrogens is 1. The molecule has 5 nitrogen and oxygen atoms in total. The summed E-state index contributed by atoms with van der Waals surface area (Å²) in [7, 11) is 0. The molecule has 1 atom stereocenters. The Morgan fingerprint density at radius 2 is 1.91 bits per heavy atom. The maximum Gasteiger partial charge on any atom is 0.431 e. The Hall–Kier alpha value is -2.97. The van der Waals surface area contributed by atoms with E-state index in [-0.39, 0.29) is 12.0 Å². The zero-order valence-corrected chi connectivity index (χ0v) is 18.0. The second kappa shape index (κ2) is 8.18. The number of aryl methyl sites for hydroxylation is 1. The van der Waals surface area contributed by atoms with Crippen LogP contribution < -0.4 is 15.6 Å². The molecule has 0 bridgehead atoms. The molecule has 0 radical (unpaired) electrons. The van der Waals surface area contributed by atoms with Crippen LogP contribution in [0.5, 0.6) is 11.5 Å². The van der Waals surface area contributed by atoms with Crippen molar-refractivity contribution in [3.05, 3.63) is 90.8 Å². The average Bonchev–Trinajstić information content (AvgIpc) is 2.71. The fraction of sp³-hybridized carbons (Fsp3) is 0.182. The first-order valence-electron chi connectivity index (χ1n) is 9.50. The third-order valence-electron chi connectivity index (χ3n) is 5.11. The number of alkyl halides is 3. The number of pyridine rings is 1. The van der Waals surface area contributed by atoms with E-state index in [1.165, 1.54) is 0 Å². The molecule has 0 aliphatic carbocycles. The molecule has 1 amide bonds. The topological polar surface area (TPSA) is 71.2 Å². The molecule has 2 N–H and O–H groups in total. The van der Waals surface area contributed by atoms with E-state index < -0.39 is 34.9 Å². The van der Waals surface area contributed by atoms with Gasteiger partial charge in [0.25, 0.3) is 11.5 Å². The quantitative estimate of drug-likeness (QED) is 0.488. The minimum atomic E-state index is -4.75. The molecule has 166 valence electrons. The zero-order chi connectivity index (χ0) is 23.2. The minimum Gasteiger partial charge on any atom is -0.456 e. The van der Waals surface area contributed by atoms with Crippen LogP contribution in [-0.2, 0) is 12.6 Å². The molecule has 1 aliphatic heterocycles. The Bertz CT molecular complexity index is 1290. The lowest BCUT2D eigenvalue weighted by Crippen LogP contribution is -2.36. The average molecular weight is 483 g/mol. The number of benzene rings is 2. The molecule has 4 rings (SSSR count). The fourth-order valence-electron chi connectivity index (χ4n) is 3.64. The first kappa shape index (κ1) is 22.2. The molecular weight excluding hydrogens is 468 g/mol. The van der Waals surface area contributed by atoms with Gasteiger partial charge in [-0.1, -0.05) is 42.3 Å². The number of aromatic nitrogens is 1. The standard InChI is InChI=1S/C22H15Cl2F3N2O3/c1-2-10-8-16(22(25,26)27)28-20(30)17(10)21(31)29-19-12-7-6-11(23)9-15(12)32-14-5-3-4-13(24)18(14)19/h3-9,19H,2H2,1H3,(H,28,30)(H,29,31). The molecule has 3 aromatic rings. The van der Waals surface area contributed by atoms with E-state index in [1.807, 2.05) is 0 Å². The highest BCUT2D eigenvalue weighted by Crippen LogP contribution is 2.46. The molecule has 1 unspecified atom stereocenters. The van der Waals surface area contributed by atoms with Gasteiger partial charge in [-0.3, -0.25) is 9.59 Å². The number of hydrogen-bond donors (Lipinski definition) is 2. The molecule has 0 fully saturated rings. The van der Waals surface area contributed by atoms with E-state index >= 15 is 0 Å². The normalized spacial score (nSPS) is 14.9. The predicted molar refractivity (Wildman–Crippen MR) is 114 cm³/mol. The van der Waals surface area contributed by atoms with Crippen LogP contribution >= 0.6 is 23.2 Å². The van der Waals surface area contributed by atoms with E-state index in [0.717, 1.165) is 6.07 Å². The molecule has 1 aliphatic rings.